The summed E-state index contributed by atoms with van der Waals surface area (Å²) in [4.78, 5) is 51.1. The van der Waals surface area contributed by atoms with Gasteiger partial charge in [0.15, 0.2) is 0 Å². The smallest absolute Gasteiger partial charge is 0.413 e. The molecule has 5 rings (SSSR count). The number of fused-ring (bicyclic) bond motifs is 2. The molecule has 50 heavy (non-hydrogen) atoms. The van der Waals surface area contributed by atoms with E-state index >= 15 is 0 Å². The second-order valence-electron chi connectivity index (χ2n) is 14.8. The minimum Gasteiger partial charge on any atom is -0.444 e. The number of amidine groups is 1. The van der Waals surface area contributed by atoms with Crippen LogP contribution in [0.3, 0.4) is 0 Å². The zero-order valence-corrected chi connectivity index (χ0v) is 29.4. The first kappa shape index (κ1) is 35.9. The van der Waals surface area contributed by atoms with Crippen LogP contribution in [0.1, 0.15) is 99.2 Å². The van der Waals surface area contributed by atoms with Crippen molar-refractivity contribution in [2.24, 2.45) is 5.73 Å². The van der Waals surface area contributed by atoms with Crippen molar-refractivity contribution in [3.8, 4) is 0 Å². The SMILES string of the molecule is CC(C)(C)OC(=O)NC(=N)c1ccc2cc(C(=O)NC3CCC(NC(=O)OC(C)(C)C)CC3)n(Cc3cc(C(N)=O)cc4ccccc34)c2c1. The molecule has 0 atom stereocenters. The quantitative estimate of drug-likeness (QED) is 0.112. The Morgan fingerprint density at radius 1 is 0.780 bits per heavy atom. The highest BCUT2D eigenvalue weighted by molar-refractivity contribution is 6.07. The summed E-state index contributed by atoms with van der Waals surface area (Å²) in [5.41, 5.74) is 6.98. The molecule has 1 fully saturated rings. The molecule has 4 amide bonds. The Labute approximate surface area is 291 Å². The normalized spacial score (nSPS) is 16.4. The number of carbonyl (C=O) groups excluding carboxylic acids is 4. The van der Waals surface area contributed by atoms with E-state index in [-0.39, 0.29) is 30.4 Å². The number of hydrogen-bond donors (Lipinski definition) is 5. The summed E-state index contributed by atoms with van der Waals surface area (Å²) in [6.07, 6.45) is 1.54. The van der Waals surface area contributed by atoms with Crippen LogP contribution in [0.15, 0.2) is 60.7 Å². The van der Waals surface area contributed by atoms with Crippen molar-refractivity contribution >= 4 is 51.5 Å². The maximum Gasteiger partial charge on any atom is 0.413 e. The van der Waals surface area contributed by atoms with Crippen molar-refractivity contribution in [1.82, 2.24) is 20.5 Å². The summed E-state index contributed by atoms with van der Waals surface area (Å²) in [5.74, 6) is -0.991. The molecule has 0 unspecified atom stereocenters. The minimum atomic E-state index is -0.746. The molecular weight excluding hydrogens is 636 g/mol. The van der Waals surface area contributed by atoms with E-state index in [1.807, 2.05) is 49.6 Å². The number of alkyl carbamates (subject to hydrolysis) is 2. The third-order valence-electron chi connectivity index (χ3n) is 8.40. The Morgan fingerprint density at radius 3 is 2.04 bits per heavy atom. The number of nitrogens with zero attached hydrogens (tertiary/aromatic N) is 1. The maximum absolute atomic E-state index is 14.0. The number of rotatable bonds is 7. The van der Waals surface area contributed by atoms with Crippen LogP contribution in [0.4, 0.5) is 9.59 Å². The molecule has 1 aliphatic carbocycles. The molecule has 1 aromatic heterocycles. The fourth-order valence-electron chi connectivity index (χ4n) is 6.20. The molecule has 3 aromatic carbocycles. The number of aromatic nitrogens is 1. The van der Waals surface area contributed by atoms with Gasteiger partial charge in [0.05, 0.1) is 0 Å². The average Bonchev–Trinajstić information content (AvgIpc) is 3.37. The summed E-state index contributed by atoms with van der Waals surface area (Å²) < 4.78 is 12.6. The van der Waals surface area contributed by atoms with Crippen molar-refractivity contribution in [2.45, 2.75) is 97.1 Å². The molecule has 0 bridgehead atoms. The van der Waals surface area contributed by atoms with Gasteiger partial charge in [-0.3, -0.25) is 20.3 Å². The lowest BCUT2D eigenvalue weighted by Crippen LogP contribution is -2.45. The predicted molar refractivity (Wildman–Crippen MR) is 193 cm³/mol. The fraction of sp³-hybridized carbons (Fsp3) is 0.395. The van der Waals surface area contributed by atoms with Crippen LogP contribution in [0.25, 0.3) is 21.7 Å². The van der Waals surface area contributed by atoms with Crippen molar-refractivity contribution in [1.29, 1.82) is 5.41 Å². The Kier molecular flexibility index (Phi) is 10.2. The Hall–Kier alpha value is -5.39. The molecule has 0 aliphatic heterocycles. The van der Waals surface area contributed by atoms with Crippen LogP contribution in [-0.4, -0.2) is 57.7 Å². The minimum absolute atomic E-state index is 0.0432. The summed E-state index contributed by atoms with van der Waals surface area (Å²) in [6, 6.07) is 18.1. The topological polar surface area (TPSA) is 178 Å². The molecule has 12 nitrogen and oxygen atoms in total. The largest absolute Gasteiger partial charge is 0.444 e. The number of ether oxygens (including phenoxy) is 2. The van der Waals surface area contributed by atoms with E-state index in [0.717, 1.165) is 21.7 Å². The summed E-state index contributed by atoms with van der Waals surface area (Å²) >= 11 is 0. The van der Waals surface area contributed by atoms with Gasteiger partial charge in [-0.25, -0.2) is 9.59 Å². The lowest BCUT2D eigenvalue weighted by Gasteiger charge is -2.30. The number of hydrogen-bond acceptors (Lipinski definition) is 7. The van der Waals surface area contributed by atoms with Crippen LogP contribution in [0.5, 0.6) is 0 Å². The van der Waals surface area contributed by atoms with Crippen LogP contribution in [0.2, 0.25) is 0 Å². The zero-order valence-electron chi connectivity index (χ0n) is 29.4. The van der Waals surface area contributed by atoms with E-state index in [1.165, 1.54) is 0 Å². The zero-order chi connectivity index (χ0) is 36.4. The van der Waals surface area contributed by atoms with E-state index in [2.05, 4.69) is 16.0 Å². The third-order valence-corrected chi connectivity index (χ3v) is 8.40. The second-order valence-corrected chi connectivity index (χ2v) is 14.8. The van der Waals surface area contributed by atoms with Gasteiger partial charge in [0.2, 0.25) is 5.91 Å². The Balaban J connectivity index is 1.45. The first-order chi connectivity index (χ1) is 23.5. The number of amides is 4. The monoisotopic (exact) mass is 682 g/mol. The van der Waals surface area contributed by atoms with Crippen LogP contribution in [-0.2, 0) is 16.0 Å². The number of benzene rings is 3. The number of nitrogens with two attached hydrogens (primary N) is 1. The molecular formula is C38H46N6O6. The average molecular weight is 683 g/mol. The molecule has 4 aromatic rings. The maximum atomic E-state index is 14.0. The van der Waals surface area contributed by atoms with Gasteiger partial charge in [0.25, 0.3) is 5.91 Å². The molecule has 0 saturated heterocycles. The highest BCUT2D eigenvalue weighted by atomic mass is 16.6. The lowest BCUT2D eigenvalue weighted by atomic mass is 9.91. The first-order valence-electron chi connectivity index (χ1n) is 16.8. The molecule has 12 heteroatoms. The van der Waals surface area contributed by atoms with Gasteiger partial charge in [0, 0.05) is 40.7 Å². The molecule has 1 saturated carbocycles. The van der Waals surface area contributed by atoms with Crippen LogP contribution in [0, 0.1) is 5.41 Å². The highest BCUT2D eigenvalue weighted by Gasteiger charge is 2.27. The molecule has 6 N–H and O–H groups in total. The van der Waals surface area contributed by atoms with Crippen LogP contribution >= 0.6 is 0 Å². The molecule has 1 aliphatic rings. The van der Waals surface area contributed by atoms with Crippen molar-refractivity contribution < 1.29 is 28.7 Å². The Bertz CT molecular complexity index is 1960. The van der Waals surface area contributed by atoms with Gasteiger partial charge in [-0.2, -0.15) is 0 Å². The molecule has 264 valence electrons. The van der Waals surface area contributed by atoms with Gasteiger partial charge < -0.3 is 30.4 Å². The van der Waals surface area contributed by atoms with E-state index in [0.29, 0.717) is 48.0 Å². The van der Waals surface area contributed by atoms with Crippen LogP contribution < -0.4 is 21.7 Å². The van der Waals surface area contributed by atoms with E-state index < -0.39 is 29.3 Å². The summed E-state index contributed by atoms with van der Waals surface area (Å²) in [7, 11) is 0. The standard InChI is InChI=1S/C38H46N6O6/c1-37(2,3)49-35(47)42-28-15-13-27(14-16-28)41-34(46)31-19-23-11-12-24(32(39)43-36(48)50-38(4,5)6)20-30(23)44(31)21-26-18-25(33(40)45)17-22-9-7-8-10-29(22)26/h7-12,17-20,27-28H,13-16,21H2,1-6H3,(H2,40,45)(H,41,46)(H,42,47)(H2,39,43,48). The third kappa shape index (κ3) is 8.99. The van der Waals surface area contributed by atoms with Gasteiger partial charge in [-0.15, -0.1) is 0 Å². The van der Waals surface area contributed by atoms with Crippen molar-refractivity contribution in [3.63, 3.8) is 0 Å². The Morgan fingerprint density at radius 2 is 1.40 bits per heavy atom. The van der Waals surface area contributed by atoms with Gasteiger partial charge in [-0.05, 0) is 108 Å². The van der Waals surface area contributed by atoms with Gasteiger partial charge in [0.1, 0.15) is 22.7 Å². The number of primary amides is 1. The van der Waals surface area contributed by atoms with E-state index in [4.69, 9.17) is 20.6 Å². The fourth-order valence-corrected chi connectivity index (χ4v) is 6.20. The molecule has 0 radical (unpaired) electrons. The number of carbonyl (C=O) groups is 4. The lowest BCUT2D eigenvalue weighted by molar-refractivity contribution is 0.0486. The van der Waals surface area contributed by atoms with E-state index in [9.17, 15) is 19.2 Å². The summed E-state index contributed by atoms with van der Waals surface area (Å²) in [6.45, 7) is 10.9. The second kappa shape index (κ2) is 14.2. The van der Waals surface area contributed by atoms with Crippen molar-refractivity contribution in [3.05, 3.63) is 83.0 Å². The van der Waals surface area contributed by atoms with E-state index in [1.54, 1.807) is 57.2 Å². The summed E-state index contributed by atoms with van der Waals surface area (Å²) in [5, 5.41) is 19.7. The predicted octanol–water partition coefficient (Wildman–Crippen LogP) is 6.36. The first-order valence-corrected chi connectivity index (χ1v) is 16.8. The molecule has 1 heterocycles. The number of nitrogens with one attached hydrogen (secondary N) is 4. The van der Waals surface area contributed by atoms with Crippen molar-refractivity contribution in [2.75, 3.05) is 0 Å². The van der Waals surface area contributed by atoms with Gasteiger partial charge in [-0.1, -0.05) is 36.4 Å². The highest BCUT2D eigenvalue weighted by Crippen LogP contribution is 2.28. The van der Waals surface area contributed by atoms with Gasteiger partial charge >= 0.3 is 12.2 Å². The molecule has 0 spiro atoms.